The molecule has 0 spiro atoms. The van der Waals surface area contributed by atoms with Gasteiger partial charge in [0.05, 0.1) is 4.90 Å². The third-order valence-electron chi connectivity index (χ3n) is 3.36. The summed E-state index contributed by atoms with van der Waals surface area (Å²) in [5.41, 5.74) is 0.698. The van der Waals surface area contributed by atoms with Crippen LogP contribution in [0.15, 0.2) is 23.1 Å². The van der Waals surface area contributed by atoms with Gasteiger partial charge in [0.15, 0.2) is 0 Å². The molecule has 1 aliphatic heterocycles. The molecular weight excluding hydrogens is 330 g/mol. The summed E-state index contributed by atoms with van der Waals surface area (Å²) in [4.78, 5) is 0.256. The van der Waals surface area contributed by atoms with Crippen LogP contribution in [0.25, 0.3) is 0 Å². The summed E-state index contributed by atoms with van der Waals surface area (Å²) in [5.74, 6) is 0.767. The van der Waals surface area contributed by atoms with E-state index in [2.05, 4.69) is 4.72 Å². The van der Waals surface area contributed by atoms with Crippen molar-refractivity contribution in [3.8, 4) is 0 Å². The fraction of sp³-hybridized carbons (Fsp3) is 0.571. The van der Waals surface area contributed by atoms with Gasteiger partial charge in [-0.25, -0.2) is 13.1 Å². The maximum atomic E-state index is 12.3. The summed E-state index contributed by atoms with van der Waals surface area (Å²) >= 11 is 7.69. The van der Waals surface area contributed by atoms with E-state index in [9.17, 15) is 8.42 Å². The van der Waals surface area contributed by atoms with Crippen LogP contribution >= 0.6 is 23.4 Å². The van der Waals surface area contributed by atoms with Crippen LogP contribution in [0.5, 0.6) is 0 Å². The molecule has 0 unspecified atom stereocenters. The third kappa shape index (κ3) is 5.14. The van der Waals surface area contributed by atoms with Crippen molar-refractivity contribution in [3.63, 3.8) is 0 Å². The fourth-order valence-electron chi connectivity index (χ4n) is 2.19. The molecule has 1 aromatic carbocycles. The third-order valence-corrected chi connectivity index (χ3v) is 6.58. The van der Waals surface area contributed by atoms with E-state index in [1.807, 2.05) is 11.8 Å². The van der Waals surface area contributed by atoms with Gasteiger partial charge >= 0.3 is 0 Å². The molecular formula is C14H20ClNO3S2. The Morgan fingerprint density at radius 3 is 2.81 bits per heavy atom. The Balaban J connectivity index is 1.85. The van der Waals surface area contributed by atoms with Crippen molar-refractivity contribution < 1.29 is 13.2 Å². The van der Waals surface area contributed by atoms with Crippen LogP contribution in [-0.2, 0) is 14.8 Å². The van der Waals surface area contributed by atoms with Gasteiger partial charge in [0.1, 0.15) is 0 Å². The molecule has 21 heavy (non-hydrogen) atoms. The number of halogens is 1. The van der Waals surface area contributed by atoms with E-state index in [4.69, 9.17) is 16.3 Å². The van der Waals surface area contributed by atoms with Crippen LogP contribution < -0.4 is 4.72 Å². The summed E-state index contributed by atoms with van der Waals surface area (Å²) in [6.07, 6.45) is 2.09. The summed E-state index contributed by atoms with van der Waals surface area (Å²) in [7, 11) is -3.49. The Morgan fingerprint density at radius 2 is 2.10 bits per heavy atom. The van der Waals surface area contributed by atoms with Gasteiger partial charge in [0.2, 0.25) is 10.0 Å². The van der Waals surface area contributed by atoms with Crippen LogP contribution in [0, 0.1) is 6.92 Å². The van der Waals surface area contributed by atoms with Gasteiger partial charge in [-0.1, -0.05) is 17.7 Å². The highest BCUT2D eigenvalue weighted by atomic mass is 35.5. The first-order valence-corrected chi connectivity index (χ1v) is 9.85. The predicted molar refractivity (Wildman–Crippen MR) is 87.7 cm³/mol. The molecule has 0 aliphatic carbocycles. The van der Waals surface area contributed by atoms with E-state index in [0.29, 0.717) is 22.4 Å². The normalized spacial score (nSPS) is 17.0. The number of thioether (sulfide) groups is 1. The zero-order valence-electron chi connectivity index (χ0n) is 12.0. The number of aryl methyl sites for hydroxylation is 1. The van der Waals surface area contributed by atoms with Crippen molar-refractivity contribution in [1.29, 1.82) is 0 Å². The topological polar surface area (TPSA) is 55.4 Å². The second kappa shape index (κ2) is 7.83. The van der Waals surface area contributed by atoms with E-state index in [0.717, 1.165) is 31.8 Å². The van der Waals surface area contributed by atoms with E-state index in [1.54, 1.807) is 19.1 Å². The molecule has 7 heteroatoms. The minimum atomic E-state index is -3.49. The molecule has 2 rings (SSSR count). The Hall–Kier alpha value is -0.270. The quantitative estimate of drug-likeness (QED) is 0.802. The highest BCUT2D eigenvalue weighted by Crippen LogP contribution is 2.22. The number of hydrogen-bond acceptors (Lipinski definition) is 4. The lowest BCUT2D eigenvalue weighted by molar-refractivity contribution is 0.100. The molecule has 1 saturated heterocycles. The van der Waals surface area contributed by atoms with Gasteiger partial charge in [-0.15, -0.1) is 0 Å². The summed E-state index contributed by atoms with van der Waals surface area (Å²) in [6, 6.07) is 4.90. The minimum absolute atomic E-state index is 0.256. The lowest BCUT2D eigenvalue weighted by Crippen LogP contribution is -2.27. The van der Waals surface area contributed by atoms with Crippen LogP contribution in [0.4, 0.5) is 0 Å². The zero-order chi connectivity index (χ0) is 15.3. The molecule has 1 aliphatic rings. The highest BCUT2D eigenvalue weighted by Gasteiger charge is 2.18. The summed E-state index contributed by atoms with van der Waals surface area (Å²) in [6.45, 7) is 3.81. The van der Waals surface area contributed by atoms with Gasteiger partial charge in [-0.3, -0.25) is 0 Å². The number of rotatable bonds is 6. The van der Waals surface area contributed by atoms with Crippen LogP contribution in [0.2, 0.25) is 5.02 Å². The molecule has 0 atom stereocenters. The lowest BCUT2D eigenvalue weighted by Gasteiger charge is -2.21. The maximum absolute atomic E-state index is 12.3. The van der Waals surface area contributed by atoms with E-state index >= 15 is 0 Å². The molecule has 0 radical (unpaired) electrons. The van der Waals surface area contributed by atoms with Crippen molar-refractivity contribution in [3.05, 3.63) is 28.8 Å². The monoisotopic (exact) mass is 349 g/mol. The number of hydrogen-bond donors (Lipinski definition) is 1. The first-order chi connectivity index (χ1) is 9.99. The molecule has 1 heterocycles. The summed E-state index contributed by atoms with van der Waals surface area (Å²) < 4.78 is 32.5. The van der Waals surface area contributed by atoms with E-state index in [-0.39, 0.29) is 4.90 Å². The molecule has 1 N–H and O–H groups in total. The second-order valence-electron chi connectivity index (χ2n) is 4.99. The van der Waals surface area contributed by atoms with Crippen LogP contribution in [0.3, 0.4) is 0 Å². The molecule has 1 fully saturated rings. The lowest BCUT2D eigenvalue weighted by atomic mass is 10.2. The average molecular weight is 350 g/mol. The Kier molecular flexibility index (Phi) is 6.37. The molecule has 0 aromatic heterocycles. The molecule has 0 saturated carbocycles. The van der Waals surface area contributed by atoms with Crippen LogP contribution in [0.1, 0.15) is 18.4 Å². The van der Waals surface area contributed by atoms with Gasteiger partial charge in [-0.05, 0) is 37.5 Å². The van der Waals surface area contributed by atoms with Crippen molar-refractivity contribution in [1.82, 2.24) is 4.72 Å². The second-order valence-corrected chi connectivity index (χ2v) is 8.57. The Bertz CT molecular complexity index is 572. The number of sulfonamides is 1. The molecule has 0 bridgehead atoms. The zero-order valence-corrected chi connectivity index (χ0v) is 14.4. The Labute approximate surface area is 135 Å². The highest BCUT2D eigenvalue weighted by molar-refractivity contribution is 8.00. The average Bonchev–Trinajstić information content (AvgIpc) is 2.47. The van der Waals surface area contributed by atoms with Gasteiger partial charge in [0.25, 0.3) is 0 Å². The summed E-state index contributed by atoms with van der Waals surface area (Å²) in [5, 5.41) is 1.01. The molecule has 0 amide bonds. The van der Waals surface area contributed by atoms with Gasteiger partial charge in [-0.2, -0.15) is 11.8 Å². The maximum Gasteiger partial charge on any atom is 0.240 e. The van der Waals surface area contributed by atoms with Crippen molar-refractivity contribution in [2.75, 3.05) is 25.5 Å². The molecule has 4 nitrogen and oxygen atoms in total. The van der Waals surface area contributed by atoms with Gasteiger partial charge in [0, 0.05) is 35.8 Å². The van der Waals surface area contributed by atoms with Crippen molar-refractivity contribution in [2.24, 2.45) is 0 Å². The SMILES string of the molecule is Cc1ccc(Cl)cc1S(=O)(=O)NCCSC1CCOCC1. The smallest absolute Gasteiger partial charge is 0.240 e. The first-order valence-electron chi connectivity index (χ1n) is 6.94. The predicted octanol–water partition coefficient (Wildman–Crippen LogP) is 2.84. The standard InChI is InChI=1S/C14H20ClNO3S2/c1-11-2-3-12(15)10-14(11)21(17,18)16-6-9-20-13-4-7-19-8-5-13/h2-3,10,13,16H,4-9H2,1H3. The minimum Gasteiger partial charge on any atom is -0.381 e. The number of ether oxygens (including phenoxy) is 1. The number of benzene rings is 1. The van der Waals surface area contributed by atoms with E-state index in [1.165, 1.54) is 6.07 Å². The molecule has 1 aromatic rings. The van der Waals surface area contributed by atoms with E-state index < -0.39 is 10.0 Å². The largest absolute Gasteiger partial charge is 0.381 e. The Morgan fingerprint density at radius 1 is 1.38 bits per heavy atom. The first kappa shape index (κ1) is 17.1. The van der Waals surface area contributed by atoms with Gasteiger partial charge < -0.3 is 4.74 Å². The van der Waals surface area contributed by atoms with Crippen molar-refractivity contribution >= 4 is 33.4 Å². The van der Waals surface area contributed by atoms with Crippen LogP contribution in [-0.4, -0.2) is 39.2 Å². The fourth-order valence-corrected chi connectivity index (χ4v) is 4.93. The number of nitrogens with one attached hydrogen (secondary N) is 1. The molecule has 118 valence electrons. The van der Waals surface area contributed by atoms with Crippen molar-refractivity contribution in [2.45, 2.75) is 29.9 Å².